The minimum atomic E-state index is 0.228. The van der Waals surface area contributed by atoms with Gasteiger partial charge in [0.2, 0.25) is 0 Å². The first kappa shape index (κ1) is 12.7. The quantitative estimate of drug-likeness (QED) is 0.850. The van der Waals surface area contributed by atoms with E-state index in [1.54, 1.807) is 0 Å². The second-order valence-electron chi connectivity index (χ2n) is 4.79. The standard InChI is InChI=1S/C17H17NO2/c1-13(7-8-14-5-3-2-4-6-14)15-9-10-16-17(18-15)20-12-11-19-16/h2-10,13H,11-12H2,1H3/b8-7+/t13-/m1/s1. The average Bonchev–Trinajstić information content (AvgIpc) is 2.53. The molecule has 3 nitrogen and oxygen atoms in total. The molecule has 20 heavy (non-hydrogen) atoms. The summed E-state index contributed by atoms with van der Waals surface area (Å²) in [7, 11) is 0. The Morgan fingerprint density at radius 2 is 1.85 bits per heavy atom. The molecule has 0 spiro atoms. The van der Waals surface area contributed by atoms with Gasteiger partial charge in [0.05, 0.1) is 5.69 Å². The van der Waals surface area contributed by atoms with Crippen molar-refractivity contribution in [1.82, 2.24) is 4.98 Å². The normalized spacial score (nSPS) is 15.2. The van der Waals surface area contributed by atoms with E-state index in [0.29, 0.717) is 19.1 Å². The Kier molecular flexibility index (Phi) is 3.68. The largest absolute Gasteiger partial charge is 0.484 e. The van der Waals surface area contributed by atoms with Crippen molar-refractivity contribution in [2.75, 3.05) is 13.2 Å². The minimum absolute atomic E-state index is 0.228. The van der Waals surface area contributed by atoms with Gasteiger partial charge in [-0.1, -0.05) is 49.4 Å². The molecule has 0 N–H and O–H groups in total. The molecule has 2 aromatic rings. The van der Waals surface area contributed by atoms with Gasteiger partial charge in [0.1, 0.15) is 13.2 Å². The smallest absolute Gasteiger partial charge is 0.257 e. The van der Waals surface area contributed by atoms with E-state index >= 15 is 0 Å². The van der Waals surface area contributed by atoms with Crippen molar-refractivity contribution in [2.45, 2.75) is 12.8 Å². The molecule has 0 fully saturated rings. The summed E-state index contributed by atoms with van der Waals surface area (Å²) in [5.41, 5.74) is 2.18. The minimum Gasteiger partial charge on any atom is -0.484 e. The van der Waals surface area contributed by atoms with Crippen molar-refractivity contribution >= 4 is 6.08 Å². The van der Waals surface area contributed by atoms with Gasteiger partial charge in [-0.25, -0.2) is 4.98 Å². The number of nitrogens with zero attached hydrogens (tertiary/aromatic N) is 1. The summed E-state index contributed by atoms with van der Waals surface area (Å²) in [5.74, 6) is 1.57. The summed E-state index contributed by atoms with van der Waals surface area (Å²) < 4.78 is 11.0. The molecule has 0 amide bonds. The Bertz CT molecular complexity index is 608. The van der Waals surface area contributed by atoms with Crippen molar-refractivity contribution in [2.24, 2.45) is 0 Å². The van der Waals surface area contributed by atoms with Crippen LogP contribution >= 0.6 is 0 Å². The molecule has 0 radical (unpaired) electrons. The molecular formula is C17H17NO2. The number of benzene rings is 1. The van der Waals surface area contributed by atoms with E-state index < -0.39 is 0 Å². The van der Waals surface area contributed by atoms with Crippen LogP contribution in [-0.2, 0) is 0 Å². The van der Waals surface area contributed by atoms with Crippen molar-refractivity contribution in [1.29, 1.82) is 0 Å². The average molecular weight is 267 g/mol. The number of fused-ring (bicyclic) bond motifs is 1. The molecule has 3 rings (SSSR count). The van der Waals surface area contributed by atoms with Crippen LogP contribution in [0.5, 0.6) is 11.6 Å². The number of ether oxygens (including phenoxy) is 2. The number of pyridine rings is 1. The van der Waals surface area contributed by atoms with Crippen LogP contribution in [-0.4, -0.2) is 18.2 Å². The first-order chi connectivity index (χ1) is 9.83. The molecule has 3 heteroatoms. The van der Waals surface area contributed by atoms with E-state index in [0.717, 1.165) is 11.4 Å². The third kappa shape index (κ3) is 2.82. The summed E-state index contributed by atoms with van der Waals surface area (Å²) in [6.45, 7) is 3.28. The molecule has 1 aromatic carbocycles. The molecule has 0 saturated carbocycles. The molecule has 1 aromatic heterocycles. The topological polar surface area (TPSA) is 31.4 Å². The van der Waals surface area contributed by atoms with E-state index in [-0.39, 0.29) is 5.92 Å². The molecule has 102 valence electrons. The third-order valence-electron chi connectivity index (χ3n) is 3.27. The van der Waals surface area contributed by atoms with Gasteiger partial charge in [-0.15, -0.1) is 0 Å². The lowest BCUT2D eigenvalue weighted by Crippen LogP contribution is -2.16. The first-order valence-corrected chi connectivity index (χ1v) is 6.83. The predicted octanol–water partition coefficient (Wildman–Crippen LogP) is 3.67. The Morgan fingerprint density at radius 1 is 1.05 bits per heavy atom. The highest BCUT2D eigenvalue weighted by Crippen LogP contribution is 2.30. The van der Waals surface area contributed by atoms with Gasteiger partial charge in [-0.2, -0.15) is 0 Å². The number of rotatable bonds is 3. The van der Waals surface area contributed by atoms with Crippen molar-refractivity contribution in [3.8, 4) is 11.6 Å². The number of hydrogen-bond donors (Lipinski definition) is 0. The molecule has 0 saturated heterocycles. The predicted molar refractivity (Wildman–Crippen MR) is 79.1 cm³/mol. The van der Waals surface area contributed by atoms with Crippen LogP contribution in [0, 0.1) is 0 Å². The van der Waals surface area contributed by atoms with Crippen LogP contribution in [0.2, 0.25) is 0 Å². The molecule has 1 aliphatic rings. The lowest BCUT2D eigenvalue weighted by molar-refractivity contribution is 0.164. The van der Waals surface area contributed by atoms with E-state index in [2.05, 4.69) is 36.2 Å². The van der Waals surface area contributed by atoms with Gasteiger partial charge in [0.25, 0.3) is 5.88 Å². The second kappa shape index (κ2) is 5.78. The summed E-state index contributed by atoms with van der Waals surface area (Å²) in [6, 6.07) is 14.2. The molecule has 0 bridgehead atoms. The molecule has 2 heterocycles. The van der Waals surface area contributed by atoms with Gasteiger partial charge >= 0.3 is 0 Å². The maximum absolute atomic E-state index is 5.52. The van der Waals surface area contributed by atoms with Crippen LogP contribution in [0.15, 0.2) is 48.5 Å². The Balaban J connectivity index is 1.77. The highest BCUT2D eigenvalue weighted by atomic mass is 16.6. The van der Waals surface area contributed by atoms with E-state index in [4.69, 9.17) is 9.47 Å². The van der Waals surface area contributed by atoms with Crippen LogP contribution < -0.4 is 9.47 Å². The maximum atomic E-state index is 5.52. The zero-order chi connectivity index (χ0) is 13.8. The highest BCUT2D eigenvalue weighted by Gasteiger charge is 2.14. The summed E-state index contributed by atoms with van der Waals surface area (Å²) >= 11 is 0. The monoisotopic (exact) mass is 267 g/mol. The van der Waals surface area contributed by atoms with Gasteiger partial charge < -0.3 is 9.47 Å². The molecule has 1 aliphatic heterocycles. The summed E-state index contributed by atoms with van der Waals surface area (Å²) in [4.78, 5) is 4.53. The zero-order valence-corrected chi connectivity index (χ0v) is 11.5. The fraction of sp³-hybridized carbons (Fsp3) is 0.235. The van der Waals surface area contributed by atoms with Gasteiger partial charge in [0, 0.05) is 5.92 Å². The summed E-state index contributed by atoms with van der Waals surface area (Å²) in [6.07, 6.45) is 4.26. The second-order valence-corrected chi connectivity index (χ2v) is 4.79. The zero-order valence-electron chi connectivity index (χ0n) is 11.5. The molecule has 0 aliphatic carbocycles. The van der Waals surface area contributed by atoms with E-state index in [1.807, 2.05) is 30.3 Å². The maximum Gasteiger partial charge on any atom is 0.257 e. The number of allylic oxidation sites excluding steroid dienone is 1. The van der Waals surface area contributed by atoms with Crippen molar-refractivity contribution in [3.05, 3.63) is 59.8 Å². The third-order valence-corrected chi connectivity index (χ3v) is 3.27. The highest BCUT2D eigenvalue weighted by molar-refractivity contribution is 5.50. The Labute approximate surface area is 118 Å². The Morgan fingerprint density at radius 3 is 2.70 bits per heavy atom. The Hall–Kier alpha value is -2.29. The summed E-state index contributed by atoms with van der Waals surface area (Å²) in [5, 5.41) is 0. The first-order valence-electron chi connectivity index (χ1n) is 6.83. The van der Waals surface area contributed by atoms with Gasteiger partial charge in [0.15, 0.2) is 5.75 Å². The van der Waals surface area contributed by atoms with Crippen LogP contribution in [0.25, 0.3) is 6.08 Å². The van der Waals surface area contributed by atoms with Gasteiger partial charge in [-0.3, -0.25) is 0 Å². The fourth-order valence-corrected chi connectivity index (χ4v) is 2.12. The van der Waals surface area contributed by atoms with Crippen LogP contribution in [0.4, 0.5) is 0 Å². The van der Waals surface area contributed by atoms with Crippen molar-refractivity contribution < 1.29 is 9.47 Å². The van der Waals surface area contributed by atoms with E-state index in [1.165, 1.54) is 5.56 Å². The molecular weight excluding hydrogens is 250 g/mol. The van der Waals surface area contributed by atoms with E-state index in [9.17, 15) is 0 Å². The van der Waals surface area contributed by atoms with Crippen LogP contribution in [0.1, 0.15) is 24.1 Å². The van der Waals surface area contributed by atoms with Crippen molar-refractivity contribution in [3.63, 3.8) is 0 Å². The van der Waals surface area contributed by atoms with Gasteiger partial charge in [-0.05, 0) is 17.7 Å². The number of hydrogen-bond acceptors (Lipinski definition) is 3. The lowest BCUT2D eigenvalue weighted by atomic mass is 10.0. The lowest BCUT2D eigenvalue weighted by Gasteiger charge is -2.18. The molecule has 0 unspecified atom stereocenters. The van der Waals surface area contributed by atoms with Crippen LogP contribution in [0.3, 0.4) is 0 Å². The number of aromatic nitrogens is 1. The SMILES string of the molecule is C[C@H](/C=C/c1ccccc1)c1ccc2c(n1)OCCO2. The fourth-order valence-electron chi connectivity index (χ4n) is 2.12. The molecule has 1 atom stereocenters.